The van der Waals surface area contributed by atoms with Gasteiger partial charge in [0.25, 0.3) is 0 Å². The molecule has 4 aromatic rings. The molecule has 0 amide bonds. The van der Waals surface area contributed by atoms with Crippen LogP contribution in [0, 0.1) is 20.8 Å². The number of pyridine rings is 1. The molecule has 0 aliphatic carbocycles. The maximum Gasteiger partial charge on any atom is 0.129 e. The van der Waals surface area contributed by atoms with Gasteiger partial charge in [-0.1, -0.05) is 24.3 Å². The topological polar surface area (TPSA) is 22.1 Å². The van der Waals surface area contributed by atoms with Crippen LogP contribution in [0.5, 0.6) is 5.75 Å². The quantitative estimate of drug-likeness (QED) is 0.430. The van der Waals surface area contributed by atoms with Gasteiger partial charge in [0.15, 0.2) is 0 Å². The van der Waals surface area contributed by atoms with Gasteiger partial charge >= 0.3 is 0 Å². The summed E-state index contributed by atoms with van der Waals surface area (Å²) in [7, 11) is 0. The molecular formula is C24H21NO. The van der Waals surface area contributed by atoms with Gasteiger partial charge in [-0.3, -0.25) is 4.98 Å². The van der Waals surface area contributed by atoms with Crippen LogP contribution in [-0.2, 0) is 6.42 Å². The van der Waals surface area contributed by atoms with Crippen molar-refractivity contribution in [2.24, 2.45) is 0 Å². The summed E-state index contributed by atoms with van der Waals surface area (Å²) in [6, 6.07) is 15.3. The third kappa shape index (κ3) is 2.08. The van der Waals surface area contributed by atoms with Gasteiger partial charge < -0.3 is 4.74 Å². The van der Waals surface area contributed by atoms with E-state index in [2.05, 4.69) is 63.2 Å². The molecule has 128 valence electrons. The van der Waals surface area contributed by atoms with Crippen LogP contribution in [-0.4, -0.2) is 11.6 Å². The third-order valence-corrected chi connectivity index (χ3v) is 5.76. The molecule has 26 heavy (non-hydrogen) atoms. The predicted octanol–water partition coefficient (Wildman–Crippen LogP) is 5.92. The molecule has 0 radical (unpaired) electrons. The number of hydrogen-bond donors (Lipinski definition) is 0. The van der Waals surface area contributed by atoms with Crippen molar-refractivity contribution in [3.8, 4) is 16.9 Å². The first-order valence-electron chi connectivity index (χ1n) is 9.18. The van der Waals surface area contributed by atoms with E-state index in [4.69, 9.17) is 9.72 Å². The standard InChI is InChI=1S/C24H21NO/c1-14-5-4-6-18-20(14)13-15(2)16(3)22(18)19-7-8-21-23-17(10-12-26-21)9-11-25-24(19)23/h4-9,11,13H,10,12H2,1-3H3. The number of rotatable bonds is 1. The normalized spacial score (nSPS) is 13.2. The van der Waals surface area contributed by atoms with E-state index in [1.54, 1.807) is 0 Å². The van der Waals surface area contributed by atoms with Crippen molar-refractivity contribution in [3.63, 3.8) is 0 Å². The Kier molecular flexibility index (Phi) is 3.30. The largest absolute Gasteiger partial charge is 0.493 e. The van der Waals surface area contributed by atoms with Crippen LogP contribution in [0.2, 0.25) is 0 Å². The van der Waals surface area contributed by atoms with E-state index < -0.39 is 0 Å². The lowest BCUT2D eigenvalue weighted by Gasteiger charge is -2.21. The molecular weight excluding hydrogens is 318 g/mol. The summed E-state index contributed by atoms with van der Waals surface area (Å²) < 4.78 is 5.91. The van der Waals surface area contributed by atoms with Gasteiger partial charge in [0, 0.05) is 23.6 Å². The third-order valence-electron chi connectivity index (χ3n) is 5.76. The first kappa shape index (κ1) is 15.4. The minimum atomic E-state index is 0.747. The Morgan fingerprint density at radius 1 is 0.923 bits per heavy atom. The molecule has 1 aliphatic rings. The lowest BCUT2D eigenvalue weighted by Crippen LogP contribution is -2.09. The number of nitrogens with zero attached hydrogens (tertiary/aromatic N) is 1. The van der Waals surface area contributed by atoms with Crippen LogP contribution in [0.3, 0.4) is 0 Å². The molecule has 5 rings (SSSR count). The zero-order valence-corrected chi connectivity index (χ0v) is 15.4. The fraction of sp³-hybridized carbons (Fsp3) is 0.208. The smallest absolute Gasteiger partial charge is 0.129 e. The van der Waals surface area contributed by atoms with E-state index in [0.717, 1.165) is 24.3 Å². The molecule has 0 N–H and O–H groups in total. The SMILES string of the molecule is Cc1cc2c(C)cccc2c(-c2ccc3c4c(ccnc24)CCO3)c1C. The Bertz CT molecular complexity index is 1180. The molecule has 0 saturated heterocycles. The van der Waals surface area contributed by atoms with Gasteiger partial charge in [0.1, 0.15) is 5.75 Å². The highest BCUT2D eigenvalue weighted by atomic mass is 16.5. The second-order valence-corrected chi connectivity index (χ2v) is 7.27. The summed E-state index contributed by atoms with van der Waals surface area (Å²) in [5.41, 5.74) is 8.84. The lowest BCUT2D eigenvalue weighted by atomic mass is 9.87. The minimum Gasteiger partial charge on any atom is -0.493 e. The van der Waals surface area contributed by atoms with Gasteiger partial charge in [-0.05, 0) is 77.6 Å². The zero-order chi connectivity index (χ0) is 17.8. The monoisotopic (exact) mass is 339 g/mol. The summed E-state index contributed by atoms with van der Waals surface area (Å²) >= 11 is 0. The number of aromatic nitrogens is 1. The van der Waals surface area contributed by atoms with E-state index in [-0.39, 0.29) is 0 Å². The number of aryl methyl sites for hydroxylation is 2. The molecule has 0 atom stereocenters. The maximum absolute atomic E-state index is 5.91. The van der Waals surface area contributed by atoms with Crippen LogP contribution in [0.1, 0.15) is 22.3 Å². The summed E-state index contributed by atoms with van der Waals surface area (Å²) in [6.45, 7) is 7.35. The molecule has 1 aromatic heterocycles. The number of fused-ring (bicyclic) bond motifs is 1. The van der Waals surface area contributed by atoms with Crippen LogP contribution in [0.15, 0.2) is 48.7 Å². The molecule has 2 heterocycles. The highest BCUT2D eigenvalue weighted by Gasteiger charge is 2.20. The molecule has 3 aromatic carbocycles. The van der Waals surface area contributed by atoms with Gasteiger partial charge in [0.05, 0.1) is 12.1 Å². The molecule has 2 heteroatoms. The molecule has 2 nitrogen and oxygen atoms in total. The molecule has 0 spiro atoms. The fourth-order valence-electron chi connectivity index (χ4n) is 4.26. The first-order chi connectivity index (χ1) is 12.6. The van der Waals surface area contributed by atoms with Gasteiger partial charge in [-0.2, -0.15) is 0 Å². The van der Waals surface area contributed by atoms with Gasteiger partial charge in [-0.15, -0.1) is 0 Å². The zero-order valence-electron chi connectivity index (χ0n) is 15.4. The first-order valence-corrected chi connectivity index (χ1v) is 9.18. The van der Waals surface area contributed by atoms with Crippen molar-refractivity contribution in [2.45, 2.75) is 27.2 Å². The fourth-order valence-corrected chi connectivity index (χ4v) is 4.26. The van der Waals surface area contributed by atoms with Crippen molar-refractivity contribution in [1.82, 2.24) is 4.98 Å². The maximum atomic E-state index is 5.91. The van der Waals surface area contributed by atoms with Crippen molar-refractivity contribution in [3.05, 3.63) is 70.9 Å². The van der Waals surface area contributed by atoms with Crippen molar-refractivity contribution in [2.75, 3.05) is 6.61 Å². The van der Waals surface area contributed by atoms with Crippen LogP contribution < -0.4 is 4.74 Å². The second kappa shape index (κ2) is 5.57. The van der Waals surface area contributed by atoms with Crippen molar-refractivity contribution in [1.29, 1.82) is 0 Å². The number of ether oxygens (including phenoxy) is 1. The second-order valence-electron chi connectivity index (χ2n) is 7.27. The molecule has 0 saturated carbocycles. The highest BCUT2D eigenvalue weighted by molar-refractivity contribution is 6.08. The average molecular weight is 339 g/mol. The van der Waals surface area contributed by atoms with Crippen LogP contribution in [0.25, 0.3) is 32.8 Å². The molecule has 0 bridgehead atoms. The summed E-state index contributed by atoms with van der Waals surface area (Å²) in [6.07, 6.45) is 2.89. The van der Waals surface area contributed by atoms with Crippen LogP contribution >= 0.6 is 0 Å². The Morgan fingerprint density at radius 3 is 2.69 bits per heavy atom. The van der Waals surface area contributed by atoms with E-state index in [9.17, 15) is 0 Å². The Morgan fingerprint density at radius 2 is 1.81 bits per heavy atom. The number of hydrogen-bond acceptors (Lipinski definition) is 2. The minimum absolute atomic E-state index is 0.747. The van der Waals surface area contributed by atoms with E-state index >= 15 is 0 Å². The lowest BCUT2D eigenvalue weighted by molar-refractivity contribution is 0.318. The summed E-state index contributed by atoms with van der Waals surface area (Å²) in [4.78, 5) is 4.78. The van der Waals surface area contributed by atoms with E-state index in [0.29, 0.717) is 0 Å². The van der Waals surface area contributed by atoms with Gasteiger partial charge in [-0.25, -0.2) is 0 Å². The highest BCUT2D eigenvalue weighted by Crippen LogP contribution is 2.42. The van der Waals surface area contributed by atoms with Crippen LogP contribution in [0.4, 0.5) is 0 Å². The number of benzene rings is 3. The Labute approximate surface area is 153 Å². The predicted molar refractivity (Wildman–Crippen MR) is 108 cm³/mol. The average Bonchev–Trinajstić information content (AvgIpc) is 2.65. The van der Waals surface area contributed by atoms with E-state index in [1.807, 2.05) is 6.20 Å². The van der Waals surface area contributed by atoms with Crippen molar-refractivity contribution < 1.29 is 4.74 Å². The molecule has 0 fully saturated rings. The van der Waals surface area contributed by atoms with Crippen molar-refractivity contribution >= 4 is 21.7 Å². The summed E-state index contributed by atoms with van der Waals surface area (Å²) in [5, 5.41) is 3.80. The Hall–Kier alpha value is -2.87. The molecule has 1 aliphatic heterocycles. The van der Waals surface area contributed by atoms with E-state index in [1.165, 1.54) is 49.5 Å². The summed E-state index contributed by atoms with van der Waals surface area (Å²) in [5.74, 6) is 0.962. The molecule has 0 unspecified atom stereocenters. The van der Waals surface area contributed by atoms with Gasteiger partial charge in [0.2, 0.25) is 0 Å². The Balaban J connectivity index is 1.95.